The van der Waals surface area contributed by atoms with Crippen LogP contribution in [0.3, 0.4) is 0 Å². The number of fused-ring (bicyclic) bond motifs is 1. The van der Waals surface area contributed by atoms with Crippen molar-refractivity contribution in [3.8, 4) is 0 Å². The molecule has 3 heteroatoms. The number of benzene rings is 1. The van der Waals surface area contributed by atoms with E-state index in [0.717, 1.165) is 12.0 Å². The second-order valence-electron chi connectivity index (χ2n) is 4.22. The number of hydrogen-bond donors (Lipinski definition) is 1. The molecule has 1 aromatic carbocycles. The Balaban J connectivity index is 2.45. The lowest BCUT2D eigenvalue weighted by Crippen LogP contribution is -2.12. The average molecular weight is 203 g/mol. The maximum Gasteiger partial charge on any atom is 0.296 e. The smallest absolute Gasteiger partial charge is 0.296 e. The van der Waals surface area contributed by atoms with E-state index in [-0.39, 0.29) is 0 Å². The van der Waals surface area contributed by atoms with E-state index >= 15 is 0 Å². The zero-order valence-electron chi connectivity index (χ0n) is 8.83. The fourth-order valence-corrected chi connectivity index (χ4v) is 1.84. The highest BCUT2D eigenvalue weighted by molar-refractivity contribution is 6.51. The average Bonchev–Trinajstić information content (AvgIpc) is 2.45. The van der Waals surface area contributed by atoms with Gasteiger partial charge in [0.15, 0.2) is 0 Å². The molecule has 78 valence electrons. The van der Waals surface area contributed by atoms with Crippen molar-refractivity contribution in [3.63, 3.8) is 0 Å². The molecular weight excluding hydrogens is 190 g/mol. The molecule has 0 aromatic heterocycles. The highest BCUT2D eigenvalue weighted by Crippen LogP contribution is 2.28. The van der Waals surface area contributed by atoms with E-state index in [1.165, 1.54) is 0 Å². The third kappa shape index (κ3) is 1.65. The maximum atomic E-state index is 11.4. The molecule has 2 rings (SSSR count). The molecule has 1 aliphatic heterocycles. The normalized spacial score (nSPS) is 14.3. The van der Waals surface area contributed by atoms with Crippen molar-refractivity contribution in [1.29, 1.82) is 0 Å². The molecule has 1 heterocycles. The summed E-state index contributed by atoms with van der Waals surface area (Å²) in [7, 11) is 0. The van der Waals surface area contributed by atoms with Crippen LogP contribution in [0.15, 0.2) is 18.2 Å². The lowest BCUT2D eigenvalue weighted by molar-refractivity contribution is -0.112. The number of ketones is 1. The highest BCUT2D eigenvalue weighted by Gasteiger charge is 2.29. The summed E-state index contributed by atoms with van der Waals surface area (Å²) in [5, 5.41) is 2.63. The first-order valence-electron chi connectivity index (χ1n) is 5.07. The van der Waals surface area contributed by atoms with Crippen LogP contribution in [0.1, 0.15) is 29.8 Å². The van der Waals surface area contributed by atoms with E-state index in [1.54, 1.807) is 6.07 Å². The molecule has 1 N–H and O–H groups in total. The molecule has 0 saturated carbocycles. The van der Waals surface area contributed by atoms with E-state index in [4.69, 9.17) is 0 Å². The van der Waals surface area contributed by atoms with Crippen molar-refractivity contribution in [3.05, 3.63) is 29.3 Å². The standard InChI is InChI=1S/C12H13NO2/c1-7(2)6-8-4-3-5-9-10(8)13-12(15)11(9)14/h3-5,7H,6H2,1-2H3,(H,13,14,15). The Bertz CT molecular complexity index is 435. The van der Waals surface area contributed by atoms with Gasteiger partial charge in [0.1, 0.15) is 0 Å². The predicted octanol–water partition coefficient (Wildman–Crippen LogP) is 2.02. The molecule has 1 amide bonds. The number of nitrogens with one attached hydrogen (secondary N) is 1. The van der Waals surface area contributed by atoms with Crippen molar-refractivity contribution >= 4 is 17.4 Å². The van der Waals surface area contributed by atoms with Gasteiger partial charge in [-0.25, -0.2) is 0 Å². The van der Waals surface area contributed by atoms with E-state index < -0.39 is 11.7 Å². The summed E-state index contributed by atoms with van der Waals surface area (Å²) >= 11 is 0. The van der Waals surface area contributed by atoms with Crippen LogP contribution in [0.2, 0.25) is 0 Å². The Labute approximate surface area is 88.5 Å². The topological polar surface area (TPSA) is 46.2 Å². The van der Waals surface area contributed by atoms with Crippen LogP contribution in [-0.4, -0.2) is 11.7 Å². The molecule has 0 spiro atoms. The van der Waals surface area contributed by atoms with Gasteiger partial charge in [-0.3, -0.25) is 9.59 Å². The molecule has 0 saturated heterocycles. The third-order valence-corrected chi connectivity index (χ3v) is 2.47. The monoisotopic (exact) mass is 203 g/mol. The number of carbonyl (C=O) groups is 2. The molecule has 0 fully saturated rings. The minimum Gasteiger partial charge on any atom is -0.318 e. The zero-order valence-corrected chi connectivity index (χ0v) is 8.83. The zero-order chi connectivity index (χ0) is 11.0. The van der Waals surface area contributed by atoms with Gasteiger partial charge < -0.3 is 5.32 Å². The Morgan fingerprint density at radius 1 is 1.27 bits per heavy atom. The number of para-hydroxylation sites is 1. The summed E-state index contributed by atoms with van der Waals surface area (Å²) in [4.78, 5) is 22.6. The van der Waals surface area contributed by atoms with Crippen LogP contribution in [0.25, 0.3) is 0 Å². The Hall–Kier alpha value is -1.64. The Kier molecular flexibility index (Phi) is 2.31. The quantitative estimate of drug-likeness (QED) is 0.747. The first-order valence-corrected chi connectivity index (χ1v) is 5.07. The number of carbonyl (C=O) groups excluding carboxylic acids is 2. The van der Waals surface area contributed by atoms with Crippen molar-refractivity contribution in [2.45, 2.75) is 20.3 Å². The molecule has 15 heavy (non-hydrogen) atoms. The van der Waals surface area contributed by atoms with Crippen molar-refractivity contribution in [2.75, 3.05) is 5.32 Å². The summed E-state index contributed by atoms with van der Waals surface area (Å²) in [6.45, 7) is 4.22. The third-order valence-electron chi connectivity index (χ3n) is 2.47. The lowest BCUT2D eigenvalue weighted by Gasteiger charge is -2.09. The summed E-state index contributed by atoms with van der Waals surface area (Å²) in [6, 6.07) is 5.48. The van der Waals surface area contributed by atoms with Gasteiger partial charge >= 0.3 is 0 Å². The van der Waals surface area contributed by atoms with Crippen LogP contribution in [-0.2, 0) is 11.2 Å². The second-order valence-corrected chi connectivity index (χ2v) is 4.22. The van der Waals surface area contributed by atoms with E-state index in [0.29, 0.717) is 17.2 Å². The number of anilines is 1. The minimum absolute atomic E-state index is 0.421. The highest BCUT2D eigenvalue weighted by atomic mass is 16.2. The number of Topliss-reactive ketones (excluding diaryl/α,β-unsaturated/α-hetero) is 1. The van der Waals surface area contributed by atoms with Crippen molar-refractivity contribution in [2.24, 2.45) is 5.92 Å². The van der Waals surface area contributed by atoms with Crippen LogP contribution < -0.4 is 5.32 Å². The van der Waals surface area contributed by atoms with E-state index in [9.17, 15) is 9.59 Å². The Morgan fingerprint density at radius 2 is 2.00 bits per heavy atom. The molecule has 1 aromatic rings. The van der Waals surface area contributed by atoms with E-state index in [1.807, 2.05) is 12.1 Å². The molecule has 0 aliphatic carbocycles. The van der Waals surface area contributed by atoms with Crippen molar-refractivity contribution < 1.29 is 9.59 Å². The molecule has 0 atom stereocenters. The molecule has 1 aliphatic rings. The van der Waals surface area contributed by atoms with Gasteiger partial charge in [-0.2, -0.15) is 0 Å². The predicted molar refractivity (Wildman–Crippen MR) is 57.9 cm³/mol. The summed E-state index contributed by atoms with van der Waals surface area (Å²) in [5.41, 5.74) is 2.26. The SMILES string of the molecule is CC(C)Cc1cccc2c1NC(=O)C2=O. The van der Waals surface area contributed by atoms with Gasteiger partial charge in [0.2, 0.25) is 0 Å². The number of rotatable bonds is 2. The molecule has 0 radical (unpaired) electrons. The van der Waals surface area contributed by atoms with Gasteiger partial charge in [-0.15, -0.1) is 0 Å². The van der Waals surface area contributed by atoms with Crippen LogP contribution in [0, 0.1) is 5.92 Å². The van der Waals surface area contributed by atoms with Gasteiger partial charge in [-0.1, -0.05) is 26.0 Å². The second kappa shape index (κ2) is 3.50. The van der Waals surface area contributed by atoms with E-state index in [2.05, 4.69) is 19.2 Å². The number of amides is 1. The maximum absolute atomic E-state index is 11.4. The fraction of sp³-hybridized carbons (Fsp3) is 0.333. The first-order chi connectivity index (χ1) is 7.09. The summed E-state index contributed by atoms with van der Waals surface area (Å²) < 4.78 is 0. The van der Waals surface area contributed by atoms with Gasteiger partial charge in [0.05, 0.1) is 11.3 Å². The van der Waals surface area contributed by atoms with Crippen LogP contribution in [0.5, 0.6) is 0 Å². The van der Waals surface area contributed by atoms with Gasteiger partial charge in [0, 0.05) is 0 Å². The van der Waals surface area contributed by atoms with Gasteiger partial charge in [0.25, 0.3) is 11.7 Å². The number of hydrogen-bond acceptors (Lipinski definition) is 2. The Morgan fingerprint density at radius 3 is 2.67 bits per heavy atom. The van der Waals surface area contributed by atoms with Crippen LogP contribution >= 0.6 is 0 Å². The lowest BCUT2D eigenvalue weighted by atomic mass is 9.99. The molecule has 3 nitrogen and oxygen atoms in total. The van der Waals surface area contributed by atoms with Crippen molar-refractivity contribution in [1.82, 2.24) is 0 Å². The summed E-state index contributed by atoms with van der Waals surface area (Å²) in [5.74, 6) is -0.430. The fourth-order valence-electron chi connectivity index (χ4n) is 1.84. The molecule has 0 bridgehead atoms. The van der Waals surface area contributed by atoms with Gasteiger partial charge in [-0.05, 0) is 24.0 Å². The van der Waals surface area contributed by atoms with Crippen LogP contribution in [0.4, 0.5) is 5.69 Å². The first kappa shape index (κ1) is 9.90. The minimum atomic E-state index is -0.513. The molecule has 0 unspecified atom stereocenters. The largest absolute Gasteiger partial charge is 0.318 e. The summed E-state index contributed by atoms with van der Waals surface area (Å²) in [6.07, 6.45) is 0.872. The molecular formula is C12H13NO2.